The van der Waals surface area contributed by atoms with Gasteiger partial charge in [0.15, 0.2) is 0 Å². The zero-order chi connectivity index (χ0) is 20.3. The molecule has 0 radical (unpaired) electrons. The van der Waals surface area contributed by atoms with Crippen LogP contribution in [0.4, 0.5) is 10.6 Å². The molecule has 0 atom stereocenters. The van der Waals surface area contributed by atoms with Gasteiger partial charge in [0, 0.05) is 36.6 Å². The minimum Gasteiger partial charge on any atom is -0.336 e. The quantitative estimate of drug-likeness (QED) is 0.421. The summed E-state index contributed by atoms with van der Waals surface area (Å²) in [5.41, 5.74) is 5.24. The monoisotopic (exact) mass is 398 g/mol. The van der Waals surface area contributed by atoms with E-state index in [0.29, 0.717) is 24.4 Å². The van der Waals surface area contributed by atoms with Crippen molar-refractivity contribution in [3.8, 4) is 11.1 Å². The number of carbonyl (C=O) groups excluding carboxylic acids is 1. The van der Waals surface area contributed by atoms with Gasteiger partial charge in [-0.1, -0.05) is 12.1 Å². The number of carbonyl (C=O) groups is 1. The molecule has 9 nitrogen and oxygen atoms in total. The van der Waals surface area contributed by atoms with Crippen LogP contribution in [-0.4, -0.2) is 42.3 Å². The molecular formula is C21H18N8O. The number of aromatic amines is 1. The SMILES string of the molecule is O=C(NCCn1cnc2ccccc21)Nc1ccc2ncc(-c3cn[nH]c3)cc2n1. The van der Waals surface area contributed by atoms with Gasteiger partial charge in [-0.3, -0.25) is 15.4 Å². The van der Waals surface area contributed by atoms with E-state index in [4.69, 9.17) is 0 Å². The number of imidazole rings is 1. The third-order valence-corrected chi connectivity index (χ3v) is 4.78. The van der Waals surface area contributed by atoms with E-state index in [0.717, 1.165) is 27.7 Å². The lowest BCUT2D eigenvalue weighted by Gasteiger charge is -2.09. The molecule has 4 aromatic heterocycles. The number of urea groups is 1. The Bertz CT molecular complexity index is 1330. The van der Waals surface area contributed by atoms with E-state index in [1.807, 2.05) is 41.0 Å². The highest BCUT2D eigenvalue weighted by atomic mass is 16.2. The second kappa shape index (κ2) is 7.63. The van der Waals surface area contributed by atoms with Gasteiger partial charge in [0.05, 0.1) is 34.6 Å². The van der Waals surface area contributed by atoms with Crippen molar-refractivity contribution in [1.82, 2.24) is 35.0 Å². The summed E-state index contributed by atoms with van der Waals surface area (Å²) in [6, 6.07) is 13.1. The third kappa shape index (κ3) is 3.55. The maximum atomic E-state index is 12.3. The lowest BCUT2D eigenvalue weighted by Crippen LogP contribution is -2.31. The number of anilines is 1. The van der Waals surface area contributed by atoms with Crippen molar-refractivity contribution in [1.29, 1.82) is 0 Å². The smallest absolute Gasteiger partial charge is 0.320 e. The van der Waals surface area contributed by atoms with Crippen molar-refractivity contribution < 1.29 is 4.79 Å². The van der Waals surface area contributed by atoms with Crippen molar-refractivity contribution >= 4 is 33.9 Å². The van der Waals surface area contributed by atoms with E-state index in [1.54, 1.807) is 31.0 Å². The Morgan fingerprint density at radius 2 is 1.93 bits per heavy atom. The number of rotatable bonds is 5. The van der Waals surface area contributed by atoms with Crippen LogP contribution in [0.2, 0.25) is 0 Å². The van der Waals surface area contributed by atoms with Crippen LogP contribution in [0, 0.1) is 0 Å². The number of amides is 2. The van der Waals surface area contributed by atoms with E-state index >= 15 is 0 Å². The van der Waals surface area contributed by atoms with Crippen LogP contribution in [0.5, 0.6) is 0 Å². The maximum Gasteiger partial charge on any atom is 0.320 e. The predicted molar refractivity (Wildman–Crippen MR) is 114 cm³/mol. The van der Waals surface area contributed by atoms with Gasteiger partial charge >= 0.3 is 6.03 Å². The molecule has 9 heteroatoms. The molecule has 0 fully saturated rings. The number of benzene rings is 1. The molecular weight excluding hydrogens is 380 g/mol. The van der Waals surface area contributed by atoms with E-state index < -0.39 is 0 Å². The molecule has 0 unspecified atom stereocenters. The minimum atomic E-state index is -0.315. The molecule has 0 saturated carbocycles. The van der Waals surface area contributed by atoms with Crippen molar-refractivity contribution in [2.75, 3.05) is 11.9 Å². The summed E-state index contributed by atoms with van der Waals surface area (Å²) in [4.78, 5) is 25.6. The number of nitrogens with one attached hydrogen (secondary N) is 3. The molecule has 148 valence electrons. The molecule has 0 bridgehead atoms. The summed E-state index contributed by atoms with van der Waals surface area (Å²) < 4.78 is 2.01. The first-order valence-corrected chi connectivity index (χ1v) is 9.47. The Balaban J connectivity index is 1.24. The van der Waals surface area contributed by atoms with E-state index in [-0.39, 0.29) is 6.03 Å². The van der Waals surface area contributed by atoms with Crippen LogP contribution >= 0.6 is 0 Å². The second-order valence-corrected chi connectivity index (χ2v) is 6.75. The summed E-state index contributed by atoms with van der Waals surface area (Å²) in [6.07, 6.45) is 7.07. The van der Waals surface area contributed by atoms with Crippen LogP contribution in [0.3, 0.4) is 0 Å². The first-order valence-electron chi connectivity index (χ1n) is 9.47. The lowest BCUT2D eigenvalue weighted by molar-refractivity contribution is 0.251. The van der Waals surface area contributed by atoms with Gasteiger partial charge in [-0.05, 0) is 30.3 Å². The topological polar surface area (TPSA) is 113 Å². The van der Waals surface area contributed by atoms with Gasteiger partial charge in [0.2, 0.25) is 0 Å². The summed E-state index contributed by atoms with van der Waals surface area (Å²) in [6.45, 7) is 1.09. The van der Waals surface area contributed by atoms with Gasteiger partial charge in [0.1, 0.15) is 5.82 Å². The number of aromatic nitrogens is 6. The van der Waals surface area contributed by atoms with E-state index in [2.05, 4.69) is 35.8 Å². The molecule has 1 aromatic carbocycles. The number of hydrogen-bond donors (Lipinski definition) is 3. The summed E-state index contributed by atoms with van der Waals surface area (Å²) >= 11 is 0. The van der Waals surface area contributed by atoms with Crippen LogP contribution in [0.15, 0.2) is 67.4 Å². The summed E-state index contributed by atoms with van der Waals surface area (Å²) in [5.74, 6) is 0.458. The molecule has 2 amide bonds. The second-order valence-electron chi connectivity index (χ2n) is 6.75. The highest BCUT2D eigenvalue weighted by molar-refractivity contribution is 5.90. The van der Waals surface area contributed by atoms with Gasteiger partial charge in [-0.25, -0.2) is 14.8 Å². The molecule has 0 saturated heterocycles. The first kappa shape index (κ1) is 17.8. The van der Waals surface area contributed by atoms with Gasteiger partial charge < -0.3 is 9.88 Å². The van der Waals surface area contributed by atoms with E-state index in [1.165, 1.54) is 0 Å². The number of fused-ring (bicyclic) bond motifs is 2. The molecule has 5 rings (SSSR count). The number of nitrogens with zero attached hydrogens (tertiary/aromatic N) is 5. The van der Waals surface area contributed by atoms with Gasteiger partial charge in [-0.15, -0.1) is 0 Å². The molecule has 30 heavy (non-hydrogen) atoms. The molecule has 0 aliphatic carbocycles. The number of H-pyrrole nitrogens is 1. The molecule has 5 aromatic rings. The van der Waals surface area contributed by atoms with Crippen molar-refractivity contribution in [2.24, 2.45) is 0 Å². The Kier molecular flexibility index (Phi) is 4.53. The van der Waals surface area contributed by atoms with E-state index in [9.17, 15) is 4.79 Å². The normalized spacial score (nSPS) is 11.1. The maximum absolute atomic E-state index is 12.3. The largest absolute Gasteiger partial charge is 0.336 e. The zero-order valence-corrected chi connectivity index (χ0v) is 15.9. The third-order valence-electron chi connectivity index (χ3n) is 4.78. The Morgan fingerprint density at radius 1 is 1.00 bits per heavy atom. The highest BCUT2D eigenvalue weighted by Gasteiger charge is 2.07. The molecule has 4 heterocycles. The summed E-state index contributed by atoms with van der Waals surface area (Å²) in [7, 11) is 0. The Hall–Kier alpha value is -4.27. The predicted octanol–water partition coefficient (Wildman–Crippen LogP) is 3.19. The zero-order valence-electron chi connectivity index (χ0n) is 15.9. The van der Waals surface area contributed by atoms with Gasteiger partial charge in [-0.2, -0.15) is 5.10 Å². The fourth-order valence-electron chi connectivity index (χ4n) is 3.28. The average Bonchev–Trinajstić information content (AvgIpc) is 3.44. The Morgan fingerprint density at radius 3 is 2.83 bits per heavy atom. The van der Waals surface area contributed by atoms with Crippen molar-refractivity contribution in [3.63, 3.8) is 0 Å². The van der Waals surface area contributed by atoms with Crippen molar-refractivity contribution in [2.45, 2.75) is 6.54 Å². The van der Waals surface area contributed by atoms with Crippen LogP contribution < -0.4 is 10.6 Å². The van der Waals surface area contributed by atoms with Crippen LogP contribution in [0.25, 0.3) is 33.2 Å². The average molecular weight is 398 g/mol. The van der Waals surface area contributed by atoms with Gasteiger partial charge in [0.25, 0.3) is 0 Å². The first-order chi connectivity index (χ1) is 14.8. The summed E-state index contributed by atoms with van der Waals surface area (Å²) in [5, 5.41) is 12.4. The molecule has 0 spiro atoms. The standard InChI is InChI=1S/C21H18N8O/c30-21(22-7-8-29-13-24-17-3-1-2-4-19(17)29)28-20-6-5-16-18(27-20)9-14(10-23-16)15-11-25-26-12-15/h1-6,9-13H,7-8H2,(H,25,26)(H2,22,27,28,30). The lowest BCUT2D eigenvalue weighted by atomic mass is 10.1. The van der Waals surface area contributed by atoms with Crippen molar-refractivity contribution in [3.05, 3.63) is 67.4 Å². The fourth-order valence-corrected chi connectivity index (χ4v) is 3.28. The Labute approximate surface area is 171 Å². The number of pyridine rings is 2. The number of para-hydroxylation sites is 2. The molecule has 0 aliphatic rings. The molecule has 0 aliphatic heterocycles. The number of hydrogen-bond acceptors (Lipinski definition) is 5. The van der Waals surface area contributed by atoms with Crippen LogP contribution in [0.1, 0.15) is 0 Å². The minimum absolute atomic E-state index is 0.315. The fraction of sp³-hybridized carbons (Fsp3) is 0.0952. The van der Waals surface area contributed by atoms with Crippen LogP contribution in [-0.2, 0) is 6.54 Å². The highest BCUT2D eigenvalue weighted by Crippen LogP contribution is 2.21. The molecule has 3 N–H and O–H groups in total.